The van der Waals surface area contributed by atoms with Gasteiger partial charge in [-0.15, -0.1) is 0 Å². The van der Waals surface area contributed by atoms with Crippen molar-refractivity contribution in [1.29, 1.82) is 0 Å². The van der Waals surface area contributed by atoms with Crippen LogP contribution in [0.2, 0.25) is 0 Å². The van der Waals surface area contributed by atoms with Gasteiger partial charge in [0.15, 0.2) is 0 Å². The molecule has 2 unspecified atom stereocenters. The van der Waals surface area contributed by atoms with Gasteiger partial charge in [-0.2, -0.15) is 0 Å². The number of nitrogens with one attached hydrogen (secondary N) is 2. The zero-order chi connectivity index (χ0) is 19.2. The van der Waals surface area contributed by atoms with Crippen LogP contribution in [-0.4, -0.2) is 42.8 Å². The normalized spacial score (nSPS) is 17.5. The number of ether oxygens (including phenoxy) is 2. The van der Waals surface area contributed by atoms with Gasteiger partial charge in [-0.25, -0.2) is 4.98 Å². The Kier molecular flexibility index (Phi) is 6.34. The number of aromatic nitrogens is 2. The molecule has 7 nitrogen and oxygen atoms in total. The summed E-state index contributed by atoms with van der Waals surface area (Å²) in [7, 11) is 5.15. The largest absolute Gasteiger partial charge is 0.497 e. The topological polar surface area (TPSA) is 77.4 Å². The molecule has 1 fully saturated rings. The van der Waals surface area contributed by atoms with Crippen molar-refractivity contribution in [1.82, 2.24) is 20.2 Å². The molecule has 7 heteroatoms. The Morgan fingerprint density at radius 3 is 2.63 bits per heavy atom. The van der Waals surface area contributed by atoms with Crippen LogP contribution in [0.1, 0.15) is 36.7 Å². The molecule has 0 aliphatic carbocycles. The van der Waals surface area contributed by atoms with Crippen LogP contribution in [0, 0.1) is 5.92 Å². The number of imidazole rings is 1. The van der Waals surface area contributed by atoms with Gasteiger partial charge in [-0.3, -0.25) is 4.79 Å². The number of nitrogens with zero attached hydrogens (tertiary/aromatic N) is 2. The monoisotopic (exact) mass is 372 g/mol. The maximum Gasteiger partial charge on any atom is 0.220 e. The maximum absolute atomic E-state index is 12.7. The summed E-state index contributed by atoms with van der Waals surface area (Å²) in [4.78, 5) is 17.1. The predicted octanol–water partition coefficient (Wildman–Crippen LogP) is 2.03. The molecule has 3 rings (SSSR count). The van der Waals surface area contributed by atoms with Crippen LogP contribution < -0.4 is 20.1 Å². The molecular weight excluding hydrogens is 344 g/mol. The molecule has 1 aromatic carbocycles. The van der Waals surface area contributed by atoms with Crippen LogP contribution in [0.15, 0.2) is 30.6 Å². The number of rotatable bonds is 8. The molecule has 1 aromatic heterocycles. The van der Waals surface area contributed by atoms with E-state index in [1.54, 1.807) is 20.4 Å². The highest BCUT2D eigenvalue weighted by Gasteiger charge is 2.23. The summed E-state index contributed by atoms with van der Waals surface area (Å²) in [6.45, 7) is 2.05. The number of hydrogen-bond donors (Lipinski definition) is 2. The Hall–Kier alpha value is -2.54. The van der Waals surface area contributed by atoms with Gasteiger partial charge < -0.3 is 24.7 Å². The van der Waals surface area contributed by atoms with Gasteiger partial charge in [0.25, 0.3) is 0 Å². The van der Waals surface area contributed by atoms with Crippen LogP contribution in [0.25, 0.3) is 0 Å². The lowest BCUT2D eigenvalue weighted by molar-refractivity contribution is -0.121. The molecule has 1 amide bonds. The number of carbonyl (C=O) groups is 1. The second-order valence-corrected chi connectivity index (χ2v) is 6.94. The van der Waals surface area contributed by atoms with Crippen molar-refractivity contribution in [2.75, 3.05) is 27.3 Å². The highest BCUT2D eigenvalue weighted by molar-refractivity contribution is 5.77. The van der Waals surface area contributed by atoms with Crippen LogP contribution in [-0.2, 0) is 11.8 Å². The molecule has 2 heterocycles. The smallest absolute Gasteiger partial charge is 0.220 e. The average Bonchev–Trinajstić information content (AvgIpc) is 3.35. The summed E-state index contributed by atoms with van der Waals surface area (Å²) in [5.74, 6) is 2.72. The first-order valence-electron chi connectivity index (χ1n) is 9.31. The van der Waals surface area contributed by atoms with E-state index in [0.29, 0.717) is 23.8 Å². The fourth-order valence-electron chi connectivity index (χ4n) is 3.48. The number of amides is 1. The highest BCUT2D eigenvalue weighted by Crippen LogP contribution is 2.29. The van der Waals surface area contributed by atoms with Crippen molar-refractivity contribution < 1.29 is 14.3 Å². The van der Waals surface area contributed by atoms with Gasteiger partial charge in [-0.1, -0.05) is 0 Å². The van der Waals surface area contributed by atoms with E-state index < -0.39 is 0 Å². The lowest BCUT2D eigenvalue weighted by Crippen LogP contribution is -2.31. The molecule has 0 radical (unpaired) electrons. The summed E-state index contributed by atoms with van der Waals surface area (Å²) in [5.41, 5.74) is 0.872. The van der Waals surface area contributed by atoms with Crippen LogP contribution >= 0.6 is 0 Å². The number of aryl methyl sites for hydroxylation is 1. The lowest BCUT2D eigenvalue weighted by atomic mass is 10.0. The fourth-order valence-corrected chi connectivity index (χ4v) is 3.48. The van der Waals surface area contributed by atoms with E-state index in [0.717, 1.165) is 37.3 Å². The van der Waals surface area contributed by atoms with E-state index in [2.05, 4.69) is 15.6 Å². The zero-order valence-corrected chi connectivity index (χ0v) is 16.2. The minimum atomic E-state index is -0.372. The predicted molar refractivity (Wildman–Crippen MR) is 103 cm³/mol. The van der Waals surface area contributed by atoms with Gasteiger partial charge in [-0.05, 0) is 49.5 Å². The van der Waals surface area contributed by atoms with Gasteiger partial charge in [0.1, 0.15) is 23.4 Å². The number of methoxy groups -OCH3 is 2. The third-order valence-corrected chi connectivity index (χ3v) is 5.07. The summed E-state index contributed by atoms with van der Waals surface area (Å²) < 4.78 is 12.7. The standard InChI is InChI=1S/C20H28N4O3/c1-24-9-8-22-20(24)19(15-10-16(26-2)12-17(11-15)27-3)23-18(25)5-4-14-6-7-21-13-14/h8-12,14,19,21H,4-7,13H2,1-3H3,(H,23,25). The minimum absolute atomic E-state index is 0.0247. The third kappa shape index (κ3) is 4.80. The second kappa shape index (κ2) is 8.90. The first-order chi connectivity index (χ1) is 13.1. The molecular formula is C20H28N4O3. The maximum atomic E-state index is 12.7. The van der Waals surface area contributed by atoms with E-state index in [1.807, 2.05) is 36.0 Å². The van der Waals surface area contributed by atoms with E-state index in [4.69, 9.17) is 9.47 Å². The second-order valence-electron chi connectivity index (χ2n) is 6.94. The lowest BCUT2D eigenvalue weighted by Gasteiger charge is -2.21. The Morgan fingerprint density at radius 2 is 2.07 bits per heavy atom. The van der Waals surface area contributed by atoms with E-state index in [1.165, 1.54) is 0 Å². The summed E-state index contributed by atoms with van der Waals surface area (Å²) in [5, 5.41) is 6.49. The molecule has 0 bridgehead atoms. The van der Waals surface area contributed by atoms with Gasteiger partial charge in [0.05, 0.1) is 14.2 Å². The molecule has 2 N–H and O–H groups in total. The van der Waals surface area contributed by atoms with E-state index >= 15 is 0 Å². The molecule has 1 saturated heterocycles. The number of benzene rings is 1. The van der Waals surface area contributed by atoms with E-state index in [-0.39, 0.29) is 11.9 Å². The molecule has 146 valence electrons. The number of hydrogen-bond acceptors (Lipinski definition) is 5. The molecule has 2 atom stereocenters. The first kappa shape index (κ1) is 19.2. The molecule has 27 heavy (non-hydrogen) atoms. The van der Waals surface area contributed by atoms with Gasteiger partial charge in [0.2, 0.25) is 5.91 Å². The summed E-state index contributed by atoms with van der Waals surface area (Å²) in [6, 6.07) is 5.25. The van der Waals surface area contributed by atoms with Gasteiger partial charge in [0, 0.05) is 31.9 Å². The van der Waals surface area contributed by atoms with Crippen molar-refractivity contribution in [3.63, 3.8) is 0 Å². The highest BCUT2D eigenvalue weighted by atomic mass is 16.5. The molecule has 0 spiro atoms. The molecule has 0 saturated carbocycles. The van der Waals surface area contributed by atoms with Crippen molar-refractivity contribution in [2.45, 2.75) is 25.3 Å². The number of carbonyl (C=O) groups excluding carboxylic acids is 1. The molecule has 1 aliphatic rings. The summed E-state index contributed by atoms with van der Waals surface area (Å²) >= 11 is 0. The SMILES string of the molecule is COc1cc(OC)cc(C(NC(=O)CCC2CCNC2)c2nccn2C)c1. The fraction of sp³-hybridized carbons (Fsp3) is 0.500. The Bertz CT molecular complexity index is 746. The minimum Gasteiger partial charge on any atom is -0.497 e. The third-order valence-electron chi connectivity index (χ3n) is 5.07. The van der Waals surface area contributed by atoms with Gasteiger partial charge >= 0.3 is 0 Å². The Morgan fingerprint density at radius 1 is 1.33 bits per heavy atom. The quantitative estimate of drug-likeness (QED) is 0.741. The van der Waals surface area contributed by atoms with Crippen molar-refractivity contribution in [2.24, 2.45) is 13.0 Å². The Labute approximate surface area is 160 Å². The molecule has 2 aromatic rings. The van der Waals surface area contributed by atoms with Crippen LogP contribution in [0.3, 0.4) is 0 Å². The van der Waals surface area contributed by atoms with Crippen LogP contribution in [0.4, 0.5) is 0 Å². The first-order valence-corrected chi connectivity index (χ1v) is 9.31. The van der Waals surface area contributed by atoms with E-state index in [9.17, 15) is 4.79 Å². The van der Waals surface area contributed by atoms with Crippen molar-refractivity contribution in [3.8, 4) is 11.5 Å². The van der Waals surface area contributed by atoms with Crippen molar-refractivity contribution in [3.05, 3.63) is 42.0 Å². The Balaban J connectivity index is 1.81. The van der Waals surface area contributed by atoms with Crippen LogP contribution in [0.5, 0.6) is 11.5 Å². The van der Waals surface area contributed by atoms with Crippen molar-refractivity contribution >= 4 is 5.91 Å². The summed E-state index contributed by atoms with van der Waals surface area (Å²) in [6.07, 6.45) is 6.15. The molecule has 1 aliphatic heterocycles. The average molecular weight is 372 g/mol. The zero-order valence-electron chi connectivity index (χ0n) is 16.2.